The average molecular weight is 526 g/mol. The van der Waals surface area contributed by atoms with Gasteiger partial charge in [0.1, 0.15) is 23.7 Å². The van der Waals surface area contributed by atoms with Crippen molar-refractivity contribution < 1.29 is 19.1 Å². The summed E-state index contributed by atoms with van der Waals surface area (Å²) in [5, 5.41) is 7.65. The molecule has 0 aliphatic carbocycles. The third-order valence-corrected chi connectivity index (χ3v) is 5.61. The number of carbonyl (C=O) groups excluding carboxylic acids is 2. The number of carbonyl (C=O) groups is 2. The average Bonchev–Trinajstić information content (AvgIpc) is 3.41. The Bertz CT molecular complexity index is 1340. The first kappa shape index (κ1) is 23.5. The molecule has 176 valence electrons. The quantitative estimate of drug-likeness (QED) is 0.340. The Morgan fingerprint density at radius 3 is 2.53 bits per heavy atom. The minimum absolute atomic E-state index is 0.0574. The van der Waals surface area contributed by atoms with Crippen LogP contribution in [0, 0.1) is 6.92 Å². The molecule has 0 radical (unpaired) electrons. The van der Waals surface area contributed by atoms with E-state index in [0.29, 0.717) is 22.7 Å². The lowest BCUT2D eigenvalue weighted by molar-refractivity contribution is -0.140. The van der Waals surface area contributed by atoms with Crippen LogP contribution in [0.5, 0.6) is 0 Å². The molecule has 0 saturated carbocycles. The van der Waals surface area contributed by atoms with Gasteiger partial charge in [-0.3, -0.25) is 9.20 Å². The Labute approximate surface area is 204 Å². The zero-order valence-corrected chi connectivity index (χ0v) is 20.6. The number of benzene rings is 1. The molecule has 9 nitrogen and oxygen atoms in total. The van der Waals surface area contributed by atoms with E-state index in [1.807, 2.05) is 53.9 Å². The summed E-state index contributed by atoms with van der Waals surface area (Å²) >= 11 is 3.43. The lowest BCUT2D eigenvalue weighted by Gasteiger charge is -2.08. The molecule has 0 unspecified atom stereocenters. The molecule has 10 heteroatoms. The van der Waals surface area contributed by atoms with Crippen LogP contribution in [-0.4, -0.2) is 50.9 Å². The van der Waals surface area contributed by atoms with Crippen molar-refractivity contribution >= 4 is 39.3 Å². The van der Waals surface area contributed by atoms with Gasteiger partial charge in [0.15, 0.2) is 5.69 Å². The van der Waals surface area contributed by atoms with E-state index < -0.39 is 11.9 Å². The fourth-order valence-corrected chi connectivity index (χ4v) is 3.82. The molecule has 4 rings (SSSR count). The summed E-state index contributed by atoms with van der Waals surface area (Å²) in [5.41, 5.74) is 3.48. The SMILES string of the molecule is CCOC(=O)CNc1c(-c2cn(-c3ccc(Br)cc3)nc2C(=O)OCC)nc2c(C)cccn12. The molecule has 0 amide bonds. The molecule has 3 heterocycles. The van der Waals surface area contributed by atoms with Gasteiger partial charge >= 0.3 is 11.9 Å². The second kappa shape index (κ2) is 10.1. The van der Waals surface area contributed by atoms with Crippen molar-refractivity contribution in [1.82, 2.24) is 19.2 Å². The summed E-state index contributed by atoms with van der Waals surface area (Å²) in [5.74, 6) is -0.404. The van der Waals surface area contributed by atoms with Gasteiger partial charge in [-0.1, -0.05) is 22.0 Å². The Balaban J connectivity index is 1.88. The maximum absolute atomic E-state index is 12.8. The summed E-state index contributed by atoms with van der Waals surface area (Å²) in [6, 6.07) is 11.4. The van der Waals surface area contributed by atoms with Crippen molar-refractivity contribution in [3.63, 3.8) is 0 Å². The highest BCUT2D eigenvalue weighted by molar-refractivity contribution is 9.10. The molecule has 1 aromatic carbocycles. The van der Waals surface area contributed by atoms with Crippen LogP contribution in [0.15, 0.2) is 53.3 Å². The number of aromatic nitrogens is 4. The second-order valence-electron chi connectivity index (χ2n) is 7.39. The maximum atomic E-state index is 12.8. The number of imidazole rings is 1. The molecule has 0 bridgehead atoms. The third-order valence-electron chi connectivity index (χ3n) is 5.08. The molecule has 3 aromatic heterocycles. The largest absolute Gasteiger partial charge is 0.465 e. The van der Waals surface area contributed by atoms with Crippen LogP contribution in [-0.2, 0) is 14.3 Å². The Hall–Kier alpha value is -3.66. The second-order valence-corrected chi connectivity index (χ2v) is 8.30. The Kier molecular flexibility index (Phi) is 6.97. The molecule has 0 fully saturated rings. The van der Waals surface area contributed by atoms with Gasteiger partial charge in [-0.05, 0) is 56.7 Å². The van der Waals surface area contributed by atoms with E-state index in [4.69, 9.17) is 14.5 Å². The van der Waals surface area contributed by atoms with Crippen molar-refractivity contribution in [1.29, 1.82) is 0 Å². The number of nitrogens with one attached hydrogen (secondary N) is 1. The third kappa shape index (κ3) is 4.67. The van der Waals surface area contributed by atoms with Gasteiger partial charge in [-0.2, -0.15) is 5.10 Å². The lowest BCUT2D eigenvalue weighted by atomic mass is 10.2. The molecule has 34 heavy (non-hydrogen) atoms. The topological polar surface area (TPSA) is 99.8 Å². The highest BCUT2D eigenvalue weighted by atomic mass is 79.9. The predicted octanol–water partition coefficient (Wildman–Crippen LogP) is 4.41. The van der Waals surface area contributed by atoms with Crippen LogP contribution < -0.4 is 5.32 Å². The molecule has 4 aromatic rings. The molecule has 0 aliphatic rings. The maximum Gasteiger partial charge on any atom is 0.359 e. The number of anilines is 1. The molecule has 0 atom stereocenters. The van der Waals surface area contributed by atoms with Gasteiger partial charge < -0.3 is 14.8 Å². The van der Waals surface area contributed by atoms with Crippen molar-refractivity contribution in [3.8, 4) is 16.9 Å². The monoisotopic (exact) mass is 525 g/mol. The summed E-state index contributed by atoms with van der Waals surface area (Å²) in [7, 11) is 0. The fraction of sp³-hybridized carbons (Fsp3) is 0.250. The van der Waals surface area contributed by atoms with Gasteiger partial charge in [0.25, 0.3) is 0 Å². The number of halogens is 1. The van der Waals surface area contributed by atoms with Gasteiger partial charge in [-0.25, -0.2) is 14.5 Å². The van der Waals surface area contributed by atoms with E-state index in [1.54, 1.807) is 24.7 Å². The van der Waals surface area contributed by atoms with Crippen molar-refractivity contribution in [2.75, 3.05) is 25.1 Å². The number of fused-ring (bicyclic) bond motifs is 1. The number of ether oxygens (including phenoxy) is 2. The van der Waals surface area contributed by atoms with Crippen molar-refractivity contribution in [2.45, 2.75) is 20.8 Å². The van der Waals surface area contributed by atoms with Crippen LogP contribution in [0.1, 0.15) is 29.9 Å². The zero-order valence-electron chi connectivity index (χ0n) is 19.0. The molecule has 0 aliphatic heterocycles. The van der Waals surface area contributed by atoms with Crippen LogP contribution in [0.2, 0.25) is 0 Å². The highest BCUT2D eigenvalue weighted by Gasteiger charge is 2.26. The summed E-state index contributed by atoms with van der Waals surface area (Å²) < 4.78 is 14.7. The number of hydrogen-bond acceptors (Lipinski definition) is 7. The van der Waals surface area contributed by atoms with E-state index in [1.165, 1.54) is 0 Å². The van der Waals surface area contributed by atoms with Gasteiger partial charge in [0.05, 0.1) is 24.5 Å². The fourth-order valence-electron chi connectivity index (χ4n) is 3.55. The predicted molar refractivity (Wildman–Crippen MR) is 131 cm³/mol. The molecular weight excluding hydrogens is 502 g/mol. The van der Waals surface area contributed by atoms with Crippen LogP contribution >= 0.6 is 15.9 Å². The Morgan fingerprint density at radius 2 is 1.82 bits per heavy atom. The van der Waals surface area contributed by atoms with Crippen LogP contribution in [0.3, 0.4) is 0 Å². The number of aryl methyl sites for hydroxylation is 1. The number of nitrogens with zero attached hydrogens (tertiary/aromatic N) is 4. The molecular formula is C24H24BrN5O4. The first-order chi connectivity index (χ1) is 16.4. The summed E-state index contributed by atoms with van der Waals surface area (Å²) in [4.78, 5) is 29.7. The number of pyridine rings is 1. The minimum Gasteiger partial charge on any atom is -0.465 e. The van der Waals surface area contributed by atoms with E-state index in [2.05, 4.69) is 26.3 Å². The lowest BCUT2D eigenvalue weighted by Crippen LogP contribution is -2.18. The van der Waals surface area contributed by atoms with E-state index in [9.17, 15) is 9.59 Å². The van der Waals surface area contributed by atoms with E-state index in [-0.39, 0.29) is 25.5 Å². The molecule has 1 N–H and O–H groups in total. The highest BCUT2D eigenvalue weighted by Crippen LogP contribution is 2.33. The zero-order chi connectivity index (χ0) is 24.2. The van der Waals surface area contributed by atoms with Gasteiger partial charge in [-0.15, -0.1) is 0 Å². The number of rotatable bonds is 8. The normalized spacial score (nSPS) is 10.9. The first-order valence-corrected chi connectivity index (χ1v) is 11.6. The minimum atomic E-state index is -0.557. The van der Waals surface area contributed by atoms with Crippen molar-refractivity contribution in [3.05, 3.63) is 64.5 Å². The number of hydrogen-bond donors (Lipinski definition) is 1. The summed E-state index contributed by atoms with van der Waals surface area (Å²) in [6.07, 6.45) is 3.58. The van der Waals surface area contributed by atoms with Crippen LogP contribution in [0.25, 0.3) is 22.6 Å². The van der Waals surface area contributed by atoms with Crippen LogP contribution in [0.4, 0.5) is 5.82 Å². The first-order valence-electron chi connectivity index (χ1n) is 10.8. The molecule has 0 saturated heterocycles. The number of esters is 2. The van der Waals surface area contributed by atoms with Gasteiger partial charge in [0.2, 0.25) is 0 Å². The van der Waals surface area contributed by atoms with Gasteiger partial charge in [0, 0.05) is 16.9 Å². The van der Waals surface area contributed by atoms with E-state index in [0.717, 1.165) is 15.7 Å². The van der Waals surface area contributed by atoms with E-state index >= 15 is 0 Å². The Morgan fingerprint density at radius 1 is 1.09 bits per heavy atom. The smallest absolute Gasteiger partial charge is 0.359 e. The molecule has 0 spiro atoms. The van der Waals surface area contributed by atoms with Crippen molar-refractivity contribution in [2.24, 2.45) is 0 Å². The standard InChI is InChI=1S/C24H24BrN5O4/c1-4-33-19(31)13-26-23-20(27-22-15(3)7-6-12-29(22)23)18-14-30(17-10-8-16(25)9-11-17)28-21(18)24(32)34-5-2/h6-12,14,26H,4-5,13H2,1-3H3. The summed E-state index contributed by atoms with van der Waals surface area (Å²) in [6.45, 7) is 5.87.